The van der Waals surface area contributed by atoms with Gasteiger partial charge in [-0.05, 0) is 76.1 Å². The van der Waals surface area contributed by atoms with Crippen molar-refractivity contribution in [2.24, 2.45) is 0 Å². The molecule has 0 aliphatic carbocycles. The molecule has 0 radical (unpaired) electrons. The van der Waals surface area contributed by atoms with Crippen LogP contribution in [0.5, 0.6) is 0 Å². The normalized spacial score (nSPS) is 14.5. The molecule has 1 saturated heterocycles. The molecule has 4 rings (SSSR count). The van der Waals surface area contributed by atoms with E-state index in [-0.39, 0.29) is 6.09 Å². The highest BCUT2D eigenvalue weighted by Crippen LogP contribution is 2.24. The molecule has 0 bridgehead atoms. The van der Waals surface area contributed by atoms with E-state index in [0.29, 0.717) is 19.6 Å². The van der Waals surface area contributed by atoms with Crippen LogP contribution in [-0.4, -0.2) is 57.7 Å². The molecule has 0 saturated carbocycles. The summed E-state index contributed by atoms with van der Waals surface area (Å²) in [6.45, 7) is 10.5. The van der Waals surface area contributed by atoms with Crippen LogP contribution in [0.2, 0.25) is 0 Å². The number of nitrogens with zero attached hydrogens (tertiary/aromatic N) is 5. The average Bonchev–Trinajstić information content (AvgIpc) is 3.05. The molecule has 0 aromatic carbocycles. The molecular formula is C26H32N6O2. The predicted octanol–water partition coefficient (Wildman–Crippen LogP) is 5.04. The highest BCUT2D eigenvalue weighted by Gasteiger charge is 2.25. The molecule has 0 unspecified atom stereocenters. The van der Waals surface area contributed by atoms with E-state index < -0.39 is 5.60 Å². The van der Waals surface area contributed by atoms with Crippen LogP contribution < -0.4 is 10.2 Å². The van der Waals surface area contributed by atoms with Crippen LogP contribution in [0, 0.1) is 6.92 Å². The summed E-state index contributed by atoms with van der Waals surface area (Å²) in [6, 6.07) is 13.9. The SMILES string of the molecule is Cc1ccnc(Nc2cccc(-c3ccnc(N4CCCN(C(=O)OC(C)(C)C)CC4)c3)n2)c1. The molecule has 8 nitrogen and oxygen atoms in total. The van der Waals surface area contributed by atoms with E-state index in [1.807, 2.05) is 70.3 Å². The second-order valence-corrected chi connectivity index (χ2v) is 9.46. The average molecular weight is 461 g/mol. The molecule has 1 amide bonds. The van der Waals surface area contributed by atoms with E-state index in [4.69, 9.17) is 9.72 Å². The summed E-state index contributed by atoms with van der Waals surface area (Å²) in [5.41, 5.74) is 2.48. The molecule has 8 heteroatoms. The lowest BCUT2D eigenvalue weighted by Gasteiger charge is -2.26. The lowest BCUT2D eigenvalue weighted by atomic mass is 10.1. The number of ether oxygens (including phenoxy) is 1. The number of carbonyl (C=O) groups excluding carboxylic acids is 1. The van der Waals surface area contributed by atoms with Crippen LogP contribution in [0.1, 0.15) is 32.8 Å². The molecule has 1 N–H and O–H groups in total. The van der Waals surface area contributed by atoms with Gasteiger partial charge in [0.15, 0.2) is 0 Å². The zero-order valence-corrected chi connectivity index (χ0v) is 20.3. The first-order valence-electron chi connectivity index (χ1n) is 11.6. The van der Waals surface area contributed by atoms with Gasteiger partial charge in [0.1, 0.15) is 23.1 Å². The van der Waals surface area contributed by atoms with E-state index >= 15 is 0 Å². The summed E-state index contributed by atoms with van der Waals surface area (Å²) in [4.78, 5) is 30.2. The number of amides is 1. The quantitative estimate of drug-likeness (QED) is 0.584. The molecule has 0 atom stereocenters. The van der Waals surface area contributed by atoms with Gasteiger partial charge < -0.3 is 19.9 Å². The lowest BCUT2D eigenvalue weighted by molar-refractivity contribution is 0.0263. The Kier molecular flexibility index (Phi) is 6.95. The summed E-state index contributed by atoms with van der Waals surface area (Å²) in [5, 5.41) is 3.28. The van der Waals surface area contributed by atoms with Gasteiger partial charge in [-0.3, -0.25) is 0 Å². The zero-order valence-electron chi connectivity index (χ0n) is 20.3. The molecule has 0 spiro atoms. The Labute approximate surface area is 201 Å². The van der Waals surface area contributed by atoms with Crippen molar-refractivity contribution in [2.45, 2.75) is 39.7 Å². The van der Waals surface area contributed by atoms with E-state index in [2.05, 4.69) is 26.3 Å². The van der Waals surface area contributed by atoms with Crippen molar-refractivity contribution in [3.05, 3.63) is 60.4 Å². The van der Waals surface area contributed by atoms with Gasteiger partial charge in [0.25, 0.3) is 0 Å². The second-order valence-electron chi connectivity index (χ2n) is 9.46. The van der Waals surface area contributed by atoms with Crippen LogP contribution in [0.15, 0.2) is 54.9 Å². The fourth-order valence-corrected chi connectivity index (χ4v) is 3.81. The van der Waals surface area contributed by atoms with Gasteiger partial charge >= 0.3 is 6.09 Å². The van der Waals surface area contributed by atoms with Crippen LogP contribution in [0.4, 0.5) is 22.2 Å². The second kappa shape index (κ2) is 10.1. The Bertz CT molecular complexity index is 1140. The van der Waals surface area contributed by atoms with Gasteiger partial charge in [-0.2, -0.15) is 0 Å². The van der Waals surface area contributed by atoms with Gasteiger partial charge in [-0.1, -0.05) is 6.07 Å². The van der Waals surface area contributed by atoms with Crippen molar-refractivity contribution >= 4 is 23.5 Å². The number of hydrogen-bond acceptors (Lipinski definition) is 7. The Morgan fingerprint density at radius 1 is 0.971 bits per heavy atom. The van der Waals surface area contributed by atoms with Gasteiger partial charge in [-0.25, -0.2) is 19.7 Å². The summed E-state index contributed by atoms with van der Waals surface area (Å²) in [7, 11) is 0. The van der Waals surface area contributed by atoms with Gasteiger partial charge in [0, 0.05) is 44.1 Å². The Morgan fingerprint density at radius 3 is 2.59 bits per heavy atom. The highest BCUT2D eigenvalue weighted by molar-refractivity contribution is 5.69. The third kappa shape index (κ3) is 6.21. The van der Waals surface area contributed by atoms with Gasteiger partial charge in [-0.15, -0.1) is 0 Å². The minimum absolute atomic E-state index is 0.257. The first kappa shape index (κ1) is 23.5. The molecule has 3 aromatic heterocycles. The summed E-state index contributed by atoms with van der Waals surface area (Å²) < 4.78 is 5.55. The molecule has 178 valence electrons. The third-order valence-corrected chi connectivity index (χ3v) is 5.43. The maximum Gasteiger partial charge on any atom is 0.410 e. The summed E-state index contributed by atoms with van der Waals surface area (Å²) in [6.07, 6.45) is 4.19. The number of nitrogens with one attached hydrogen (secondary N) is 1. The highest BCUT2D eigenvalue weighted by atomic mass is 16.6. The van der Waals surface area contributed by atoms with Crippen molar-refractivity contribution in [3.63, 3.8) is 0 Å². The van der Waals surface area contributed by atoms with Crippen molar-refractivity contribution in [1.82, 2.24) is 19.9 Å². The topological polar surface area (TPSA) is 83.5 Å². The standard InChI is InChI=1S/C26H32N6O2/c1-19-9-11-27-23(17-19)30-22-8-5-7-21(29-22)20-10-12-28-24(18-20)31-13-6-14-32(16-15-31)25(33)34-26(2,3)4/h5,7-12,17-18H,6,13-16H2,1-4H3,(H,27,29,30). The minimum Gasteiger partial charge on any atom is -0.444 e. The molecular weight excluding hydrogens is 428 g/mol. The fraction of sp³-hybridized carbons (Fsp3) is 0.385. The largest absolute Gasteiger partial charge is 0.444 e. The Hall–Kier alpha value is -3.68. The van der Waals surface area contributed by atoms with E-state index in [9.17, 15) is 4.79 Å². The van der Waals surface area contributed by atoms with Crippen LogP contribution >= 0.6 is 0 Å². The van der Waals surface area contributed by atoms with Gasteiger partial charge in [0.05, 0.1) is 5.69 Å². The Morgan fingerprint density at radius 2 is 1.79 bits per heavy atom. The fourth-order valence-electron chi connectivity index (χ4n) is 3.81. The maximum absolute atomic E-state index is 12.5. The maximum atomic E-state index is 12.5. The van der Waals surface area contributed by atoms with E-state index in [1.54, 1.807) is 11.1 Å². The number of hydrogen-bond donors (Lipinski definition) is 1. The summed E-state index contributed by atoms with van der Waals surface area (Å²) >= 11 is 0. The number of carbonyl (C=O) groups is 1. The molecule has 1 fully saturated rings. The number of rotatable bonds is 4. The van der Waals surface area contributed by atoms with Crippen molar-refractivity contribution < 1.29 is 9.53 Å². The molecule has 1 aliphatic rings. The first-order valence-corrected chi connectivity index (χ1v) is 11.6. The number of aromatic nitrogens is 3. The molecule has 3 aromatic rings. The number of pyridine rings is 3. The van der Waals surface area contributed by atoms with Crippen LogP contribution in [-0.2, 0) is 4.74 Å². The smallest absolute Gasteiger partial charge is 0.410 e. The van der Waals surface area contributed by atoms with Crippen molar-refractivity contribution in [1.29, 1.82) is 0 Å². The predicted molar refractivity (Wildman–Crippen MR) is 134 cm³/mol. The minimum atomic E-state index is -0.495. The van der Waals surface area contributed by atoms with Crippen molar-refractivity contribution in [3.8, 4) is 11.3 Å². The number of anilines is 3. The Balaban J connectivity index is 1.46. The first-order chi connectivity index (χ1) is 16.3. The van der Waals surface area contributed by atoms with Crippen LogP contribution in [0.25, 0.3) is 11.3 Å². The third-order valence-electron chi connectivity index (χ3n) is 5.43. The van der Waals surface area contributed by atoms with Crippen LogP contribution in [0.3, 0.4) is 0 Å². The number of aryl methyl sites for hydroxylation is 1. The van der Waals surface area contributed by atoms with Crippen molar-refractivity contribution in [2.75, 3.05) is 36.4 Å². The molecule has 34 heavy (non-hydrogen) atoms. The monoisotopic (exact) mass is 460 g/mol. The van der Waals surface area contributed by atoms with E-state index in [1.165, 1.54) is 0 Å². The lowest BCUT2D eigenvalue weighted by Crippen LogP contribution is -2.39. The molecule has 4 heterocycles. The van der Waals surface area contributed by atoms with E-state index in [0.717, 1.165) is 47.2 Å². The summed E-state index contributed by atoms with van der Waals surface area (Å²) in [5.74, 6) is 2.37. The zero-order chi connectivity index (χ0) is 24.1. The van der Waals surface area contributed by atoms with Gasteiger partial charge in [0.2, 0.25) is 0 Å². The molecule has 1 aliphatic heterocycles.